The summed E-state index contributed by atoms with van der Waals surface area (Å²) in [5, 5.41) is 8.81. The molecule has 1 fully saturated rings. The molecule has 0 radical (unpaired) electrons. The van der Waals surface area contributed by atoms with Crippen LogP contribution in [0.25, 0.3) is 0 Å². The Morgan fingerprint density at radius 2 is 1.89 bits per heavy atom. The molecule has 18 heavy (non-hydrogen) atoms. The second-order valence-electron chi connectivity index (χ2n) is 5.62. The molecule has 5 heteroatoms. The molecule has 0 spiro atoms. The van der Waals surface area contributed by atoms with Crippen LogP contribution in [-0.4, -0.2) is 42.8 Å². The Balaban J connectivity index is 2.68. The summed E-state index contributed by atoms with van der Waals surface area (Å²) in [5.74, 6) is 0.597. The minimum atomic E-state index is -3.19. The summed E-state index contributed by atoms with van der Waals surface area (Å²) in [5.41, 5.74) is 0. The van der Waals surface area contributed by atoms with Crippen LogP contribution in [0, 0.1) is 5.92 Å². The van der Waals surface area contributed by atoms with Gasteiger partial charge in [-0.25, -0.2) is 8.42 Å². The average Bonchev–Trinajstić information content (AvgIpc) is 2.79. The molecule has 1 aliphatic rings. The van der Waals surface area contributed by atoms with E-state index >= 15 is 0 Å². The highest BCUT2D eigenvalue weighted by Gasteiger charge is 2.31. The van der Waals surface area contributed by atoms with Crippen molar-refractivity contribution in [3.63, 3.8) is 0 Å². The molecule has 1 rings (SSSR count). The fraction of sp³-hybridized carbons (Fsp3) is 1.00. The molecule has 0 aromatic rings. The van der Waals surface area contributed by atoms with Crippen LogP contribution < -0.4 is 0 Å². The lowest BCUT2D eigenvalue weighted by Crippen LogP contribution is -2.41. The van der Waals surface area contributed by atoms with Gasteiger partial charge in [-0.05, 0) is 31.6 Å². The van der Waals surface area contributed by atoms with Crippen LogP contribution in [0.15, 0.2) is 0 Å². The van der Waals surface area contributed by atoms with Gasteiger partial charge in [0.2, 0.25) is 10.0 Å². The summed E-state index contributed by atoms with van der Waals surface area (Å²) in [6.45, 7) is 4.82. The molecule has 1 N–H and O–H groups in total. The van der Waals surface area contributed by atoms with E-state index in [9.17, 15) is 8.42 Å². The number of sulfonamides is 1. The van der Waals surface area contributed by atoms with Crippen LogP contribution >= 0.6 is 0 Å². The fourth-order valence-corrected chi connectivity index (χ4v) is 4.27. The van der Waals surface area contributed by atoms with Crippen molar-refractivity contribution in [2.24, 2.45) is 5.92 Å². The lowest BCUT2D eigenvalue weighted by molar-refractivity contribution is 0.286. The van der Waals surface area contributed by atoms with E-state index in [4.69, 9.17) is 5.11 Å². The third-order valence-electron chi connectivity index (χ3n) is 3.58. The first-order valence-corrected chi connectivity index (χ1v) is 8.68. The van der Waals surface area contributed by atoms with Crippen molar-refractivity contribution in [1.29, 1.82) is 0 Å². The van der Waals surface area contributed by atoms with E-state index in [1.165, 1.54) is 0 Å². The number of nitrogens with zero attached hydrogens (tertiary/aromatic N) is 1. The molecule has 1 aliphatic carbocycles. The molecule has 0 saturated heterocycles. The Hall–Kier alpha value is -0.130. The monoisotopic (exact) mass is 277 g/mol. The van der Waals surface area contributed by atoms with Crippen LogP contribution in [0.1, 0.15) is 52.4 Å². The van der Waals surface area contributed by atoms with Gasteiger partial charge in [-0.15, -0.1) is 0 Å². The Morgan fingerprint density at radius 3 is 2.39 bits per heavy atom. The van der Waals surface area contributed by atoms with Crippen LogP contribution in [0.4, 0.5) is 0 Å². The zero-order valence-corrected chi connectivity index (χ0v) is 12.5. The summed E-state index contributed by atoms with van der Waals surface area (Å²) >= 11 is 0. The van der Waals surface area contributed by atoms with E-state index in [2.05, 4.69) is 13.8 Å². The highest BCUT2D eigenvalue weighted by Crippen LogP contribution is 2.26. The van der Waals surface area contributed by atoms with Crippen molar-refractivity contribution in [2.45, 2.75) is 58.4 Å². The lowest BCUT2D eigenvalue weighted by atomic mass is 10.1. The van der Waals surface area contributed by atoms with Gasteiger partial charge in [-0.1, -0.05) is 26.7 Å². The highest BCUT2D eigenvalue weighted by atomic mass is 32.2. The summed E-state index contributed by atoms with van der Waals surface area (Å²) < 4.78 is 26.3. The number of aliphatic hydroxyl groups is 1. The van der Waals surface area contributed by atoms with Crippen molar-refractivity contribution >= 4 is 10.0 Å². The minimum absolute atomic E-state index is 0.0537. The minimum Gasteiger partial charge on any atom is -0.396 e. The average molecular weight is 277 g/mol. The molecular weight excluding hydrogens is 250 g/mol. The van der Waals surface area contributed by atoms with Crippen molar-refractivity contribution in [3.05, 3.63) is 0 Å². The smallest absolute Gasteiger partial charge is 0.214 e. The van der Waals surface area contributed by atoms with Crippen molar-refractivity contribution in [1.82, 2.24) is 4.31 Å². The summed E-state index contributed by atoms with van der Waals surface area (Å²) in [6.07, 6.45) is 5.52. The van der Waals surface area contributed by atoms with E-state index in [-0.39, 0.29) is 18.4 Å². The SMILES string of the molecule is CC(C)CCN(C1CCCC1)S(=O)(=O)CCCO. The van der Waals surface area contributed by atoms with E-state index in [1.807, 2.05) is 0 Å². The van der Waals surface area contributed by atoms with Crippen molar-refractivity contribution in [3.8, 4) is 0 Å². The number of aliphatic hydroxyl groups excluding tert-OH is 1. The fourth-order valence-electron chi connectivity index (χ4n) is 2.49. The molecule has 0 atom stereocenters. The third kappa shape index (κ3) is 4.86. The molecule has 0 heterocycles. The Labute approximate surface area is 111 Å². The molecule has 4 nitrogen and oxygen atoms in total. The highest BCUT2D eigenvalue weighted by molar-refractivity contribution is 7.89. The number of hydrogen-bond donors (Lipinski definition) is 1. The summed E-state index contributed by atoms with van der Waals surface area (Å²) in [4.78, 5) is 0. The van der Waals surface area contributed by atoms with E-state index in [0.717, 1.165) is 32.1 Å². The van der Waals surface area contributed by atoms with Gasteiger partial charge in [-0.3, -0.25) is 0 Å². The van der Waals surface area contributed by atoms with Gasteiger partial charge in [0, 0.05) is 19.2 Å². The molecule has 0 bridgehead atoms. The summed E-state index contributed by atoms with van der Waals surface area (Å²) in [6, 6.07) is 0.201. The van der Waals surface area contributed by atoms with Gasteiger partial charge in [0.15, 0.2) is 0 Å². The maximum Gasteiger partial charge on any atom is 0.214 e. The third-order valence-corrected chi connectivity index (χ3v) is 5.58. The molecule has 0 unspecified atom stereocenters. The molecule has 0 aromatic heterocycles. The first-order chi connectivity index (χ1) is 8.47. The topological polar surface area (TPSA) is 57.6 Å². The van der Waals surface area contributed by atoms with Crippen LogP contribution in [-0.2, 0) is 10.0 Å². The molecule has 1 saturated carbocycles. The van der Waals surface area contributed by atoms with Crippen LogP contribution in [0.2, 0.25) is 0 Å². The van der Waals surface area contributed by atoms with Gasteiger partial charge in [-0.2, -0.15) is 4.31 Å². The van der Waals surface area contributed by atoms with Gasteiger partial charge in [0.1, 0.15) is 0 Å². The molecule has 0 aromatic carbocycles. The lowest BCUT2D eigenvalue weighted by Gasteiger charge is -2.28. The van der Waals surface area contributed by atoms with Crippen LogP contribution in [0.5, 0.6) is 0 Å². The quantitative estimate of drug-likeness (QED) is 0.738. The van der Waals surface area contributed by atoms with Gasteiger partial charge < -0.3 is 5.11 Å². The summed E-state index contributed by atoms with van der Waals surface area (Å²) in [7, 11) is -3.19. The zero-order chi connectivity index (χ0) is 13.6. The zero-order valence-electron chi connectivity index (χ0n) is 11.6. The molecular formula is C13H27NO3S. The first-order valence-electron chi connectivity index (χ1n) is 7.07. The van der Waals surface area contributed by atoms with Gasteiger partial charge in [0.05, 0.1) is 5.75 Å². The van der Waals surface area contributed by atoms with Gasteiger partial charge in [0.25, 0.3) is 0 Å². The largest absolute Gasteiger partial charge is 0.396 e. The Kier molecular flexibility index (Phi) is 6.60. The molecule has 0 amide bonds. The maximum absolute atomic E-state index is 12.3. The Morgan fingerprint density at radius 1 is 1.28 bits per heavy atom. The second kappa shape index (κ2) is 7.46. The number of hydrogen-bond acceptors (Lipinski definition) is 3. The van der Waals surface area contributed by atoms with E-state index < -0.39 is 10.0 Å². The molecule has 108 valence electrons. The van der Waals surface area contributed by atoms with E-state index in [1.54, 1.807) is 4.31 Å². The van der Waals surface area contributed by atoms with Crippen LogP contribution in [0.3, 0.4) is 0 Å². The van der Waals surface area contributed by atoms with Crippen molar-refractivity contribution in [2.75, 3.05) is 18.9 Å². The standard InChI is InChI=1S/C13H27NO3S/c1-12(2)8-9-14(13-6-3-4-7-13)18(16,17)11-5-10-15/h12-13,15H,3-11H2,1-2H3. The maximum atomic E-state index is 12.3. The van der Waals surface area contributed by atoms with E-state index in [0.29, 0.717) is 18.9 Å². The number of rotatable bonds is 8. The Bertz CT molecular complexity index is 321. The predicted octanol–water partition coefficient (Wildman–Crippen LogP) is 1.99. The van der Waals surface area contributed by atoms with Gasteiger partial charge >= 0.3 is 0 Å². The normalized spacial score (nSPS) is 18.1. The van der Waals surface area contributed by atoms with Crippen molar-refractivity contribution < 1.29 is 13.5 Å². The first kappa shape index (κ1) is 15.9. The predicted molar refractivity (Wildman–Crippen MR) is 73.9 cm³/mol. The molecule has 0 aliphatic heterocycles. The second-order valence-corrected chi connectivity index (χ2v) is 7.67.